The standard InChI is InChI=1S/C12H13NO/c1-9-7-11(14)8-12(13-9)10-5-3-2-4-6-10/h2-7,12-13H,8H2,1H3. The number of hydrogen-bond acceptors (Lipinski definition) is 2. The minimum absolute atomic E-state index is 0.147. The topological polar surface area (TPSA) is 29.1 Å². The fraction of sp³-hybridized carbons (Fsp3) is 0.250. The molecule has 1 heterocycles. The third-order valence-electron chi connectivity index (χ3n) is 2.39. The Kier molecular flexibility index (Phi) is 2.35. The maximum atomic E-state index is 11.3. The Morgan fingerprint density at radius 2 is 2.00 bits per heavy atom. The van der Waals surface area contributed by atoms with E-state index in [4.69, 9.17) is 0 Å². The van der Waals surface area contributed by atoms with Gasteiger partial charge in [-0.3, -0.25) is 4.79 Å². The van der Waals surface area contributed by atoms with Crippen LogP contribution in [-0.2, 0) is 4.79 Å². The third-order valence-corrected chi connectivity index (χ3v) is 2.39. The van der Waals surface area contributed by atoms with Gasteiger partial charge in [0.2, 0.25) is 0 Å². The summed E-state index contributed by atoms with van der Waals surface area (Å²) in [4.78, 5) is 11.3. The Hall–Kier alpha value is -1.57. The van der Waals surface area contributed by atoms with Crippen molar-refractivity contribution < 1.29 is 4.79 Å². The lowest BCUT2D eigenvalue weighted by Gasteiger charge is -2.23. The van der Waals surface area contributed by atoms with Crippen LogP contribution in [0.25, 0.3) is 0 Å². The van der Waals surface area contributed by atoms with Crippen LogP contribution in [0.15, 0.2) is 42.1 Å². The van der Waals surface area contributed by atoms with E-state index in [9.17, 15) is 4.79 Å². The van der Waals surface area contributed by atoms with Gasteiger partial charge >= 0.3 is 0 Å². The maximum Gasteiger partial charge on any atom is 0.159 e. The molecule has 1 N–H and O–H groups in total. The summed E-state index contributed by atoms with van der Waals surface area (Å²) >= 11 is 0. The van der Waals surface area contributed by atoms with E-state index < -0.39 is 0 Å². The predicted molar refractivity (Wildman–Crippen MR) is 55.7 cm³/mol. The molecule has 1 aromatic rings. The number of rotatable bonds is 1. The van der Waals surface area contributed by atoms with Crippen molar-refractivity contribution in [1.29, 1.82) is 0 Å². The molecule has 2 rings (SSSR count). The zero-order valence-electron chi connectivity index (χ0n) is 8.16. The first kappa shape index (κ1) is 9.00. The zero-order valence-corrected chi connectivity index (χ0v) is 8.16. The highest BCUT2D eigenvalue weighted by Crippen LogP contribution is 2.21. The summed E-state index contributed by atoms with van der Waals surface area (Å²) < 4.78 is 0. The molecule has 1 aliphatic rings. The lowest BCUT2D eigenvalue weighted by molar-refractivity contribution is -0.115. The summed E-state index contributed by atoms with van der Waals surface area (Å²) in [5, 5.41) is 3.30. The van der Waals surface area contributed by atoms with Crippen LogP contribution in [0.4, 0.5) is 0 Å². The molecule has 2 nitrogen and oxygen atoms in total. The molecule has 0 bridgehead atoms. The Morgan fingerprint density at radius 1 is 1.29 bits per heavy atom. The highest BCUT2D eigenvalue weighted by Gasteiger charge is 2.18. The molecule has 0 aromatic heterocycles. The van der Waals surface area contributed by atoms with E-state index in [0.717, 1.165) is 5.70 Å². The van der Waals surface area contributed by atoms with Gasteiger partial charge in [-0.1, -0.05) is 30.3 Å². The van der Waals surface area contributed by atoms with Gasteiger partial charge in [-0.25, -0.2) is 0 Å². The zero-order chi connectivity index (χ0) is 9.97. The molecule has 1 unspecified atom stereocenters. The van der Waals surface area contributed by atoms with Crippen molar-refractivity contribution in [3.63, 3.8) is 0 Å². The van der Waals surface area contributed by atoms with Crippen LogP contribution in [0, 0.1) is 0 Å². The Balaban J connectivity index is 2.22. The molecule has 0 amide bonds. The molecule has 0 fully saturated rings. The van der Waals surface area contributed by atoms with Crippen molar-refractivity contribution in [3.8, 4) is 0 Å². The first-order chi connectivity index (χ1) is 6.75. The minimum atomic E-state index is 0.147. The minimum Gasteiger partial charge on any atom is -0.381 e. The molecule has 0 saturated carbocycles. The van der Waals surface area contributed by atoms with Crippen LogP contribution in [0.2, 0.25) is 0 Å². The number of carbonyl (C=O) groups is 1. The number of carbonyl (C=O) groups excluding carboxylic acids is 1. The van der Waals surface area contributed by atoms with E-state index in [1.54, 1.807) is 6.08 Å². The lowest BCUT2D eigenvalue weighted by atomic mass is 9.98. The summed E-state index contributed by atoms with van der Waals surface area (Å²) in [5.41, 5.74) is 2.13. The Bertz CT molecular complexity index is 367. The van der Waals surface area contributed by atoms with Crippen LogP contribution < -0.4 is 5.32 Å². The van der Waals surface area contributed by atoms with Crippen LogP contribution >= 0.6 is 0 Å². The van der Waals surface area contributed by atoms with Crippen molar-refractivity contribution in [3.05, 3.63) is 47.7 Å². The van der Waals surface area contributed by atoms with Crippen LogP contribution in [0.3, 0.4) is 0 Å². The fourth-order valence-electron chi connectivity index (χ4n) is 1.76. The number of benzene rings is 1. The molecular formula is C12H13NO. The second kappa shape index (κ2) is 3.66. The maximum absolute atomic E-state index is 11.3. The highest BCUT2D eigenvalue weighted by atomic mass is 16.1. The van der Waals surface area contributed by atoms with Crippen LogP contribution in [-0.4, -0.2) is 5.78 Å². The van der Waals surface area contributed by atoms with Gasteiger partial charge < -0.3 is 5.32 Å². The van der Waals surface area contributed by atoms with E-state index in [2.05, 4.69) is 5.32 Å². The fourth-order valence-corrected chi connectivity index (χ4v) is 1.76. The van der Waals surface area contributed by atoms with Crippen molar-refractivity contribution in [2.75, 3.05) is 0 Å². The van der Waals surface area contributed by atoms with Crippen molar-refractivity contribution in [1.82, 2.24) is 5.32 Å². The predicted octanol–water partition coefficient (Wildman–Crippen LogP) is 2.19. The van der Waals surface area contributed by atoms with Gasteiger partial charge in [-0.15, -0.1) is 0 Å². The molecule has 0 saturated heterocycles. The molecule has 72 valence electrons. The number of ketones is 1. The molecule has 0 aliphatic carbocycles. The summed E-state index contributed by atoms with van der Waals surface area (Å²) in [6.07, 6.45) is 2.22. The van der Waals surface area contributed by atoms with E-state index in [1.807, 2.05) is 37.3 Å². The second-order valence-corrected chi connectivity index (χ2v) is 3.61. The van der Waals surface area contributed by atoms with E-state index >= 15 is 0 Å². The van der Waals surface area contributed by atoms with Crippen molar-refractivity contribution >= 4 is 5.78 Å². The summed E-state index contributed by atoms with van der Waals surface area (Å²) in [6, 6.07) is 10.2. The van der Waals surface area contributed by atoms with Gasteiger partial charge in [0.15, 0.2) is 5.78 Å². The smallest absolute Gasteiger partial charge is 0.159 e. The quantitative estimate of drug-likeness (QED) is 0.730. The van der Waals surface area contributed by atoms with Gasteiger partial charge in [0, 0.05) is 12.1 Å². The van der Waals surface area contributed by atoms with Gasteiger partial charge in [0.05, 0.1) is 6.04 Å². The van der Waals surface area contributed by atoms with Gasteiger partial charge in [0.1, 0.15) is 0 Å². The Labute approximate surface area is 83.6 Å². The highest BCUT2D eigenvalue weighted by molar-refractivity contribution is 5.91. The third kappa shape index (κ3) is 1.84. The second-order valence-electron chi connectivity index (χ2n) is 3.61. The van der Waals surface area contributed by atoms with Crippen molar-refractivity contribution in [2.45, 2.75) is 19.4 Å². The van der Waals surface area contributed by atoms with E-state index in [1.165, 1.54) is 5.56 Å². The molecule has 1 aromatic carbocycles. The molecule has 1 aliphatic heterocycles. The molecular weight excluding hydrogens is 174 g/mol. The SMILES string of the molecule is CC1=CC(=O)CC(c2ccccc2)N1. The molecule has 0 radical (unpaired) electrons. The average molecular weight is 187 g/mol. The summed E-state index contributed by atoms with van der Waals surface area (Å²) in [7, 11) is 0. The van der Waals surface area contributed by atoms with Crippen LogP contribution in [0.1, 0.15) is 24.9 Å². The van der Waals surface area contributed by atoms with E-state index in [-0.39, 0.29) is 11.8 Å². The van der Waals surface area contributed by atoms with Gasteiger partial charge in [-0.2, -0.15) is 0 Å². The summed E-state index contributed by atoms with van der Waals surface area (Å²) in [5.74, 6) is 0.204. The largest absolute Gasteiger partial charge is 0.381 e. The molecule has 0 spiro atoms. The Morgan fingerprint density at radius 3 is 2.64 bits per heavy atom. The first-order valence-electron chi connectivity index (χ1n) is 4.78. The number of nitrogens with one attached hydrogen (secondary N) is 1. The average Bonchev–Trinajstić information content (AvgIpc) is 2.18. The van der Waals surface area contributed by atoms with Crippen LogP contribution in [0.5, 0.6) is 0 Å². The monoisotopic (exact) mass is 187 g/mol. The normalized spacial score (nSPS) is 21.4. The van der Waals surface area contributed by atoms with Gasteiger partial charge in [0.25, 0.3) is 0 Å². The lowest BCUT2D eigenvalue weighted by Crippen LogP contribution is -2.26. The van der Waals surface area contributed by atoms with E-state index in [0.29, 0.717) is 6.42 Å². The van der Waals surface area contributed by atoms with Crippen molar-refractivity contribution in [2.24, 2.45) is 0 Å². The number of hydrogen-bond donors (Lipinski definition) is 1. The first-order valence-corrected chi connectivity index (χ1v) is 4.78. The molecule has 1 atom stereocenters. The van der Waals surface area contributed by atoms with Gasteiger partial charge in [-0.05, 0) is 18.6 Å². The summed E-state index contributed by atoms with van der Waals surface area (Å²) in [6.45, 7) is 1.92. The molecule has 2 heteroatoms. The number of allylic oxidation sites excluding steroid dienone is 2. The molecule has 14 heavy (non-hydrogen) atoms.